The number of likely N-dealkylation sites (tertiary alicyclic amines) is 1. The van der Waals surface area contributed by atoms with E-state index < -0.39 is 24.1 Å². The van der Waals surface area contributed by atoms with Gasteiger partial charge in [0.2, 0.25) is 0 Å². The Bertz CT molecular complexity index is 339. The summed E-state index contributed by atoms with van der Waals surface area (Å²) in [7, 11) is 1.61. The largest absolute Gasteiger partial charge is 0.480 e. The van der Waals surface area contributed by atoms with Crippen molar-refractivity contribution in [1.29, 1.82) is 0 Å². The molecule has 1 rings (SSSR count). The van der Waals surface area contributed by atoms with E-state index in [0.717, 1.165) is 12.8 Å². The normalized spacial score (nSPS) is 21.5. The van der Waals surface area contributed by atoms with Gasteiger partial charge in [-0.2, -0.15) is 0 Å². The number of aliphatic carboxylic acids is 1. The summed E-state index contributed by atoms with van der Waals surface area (Å²) in [6.07, 6.45) is 0.851. The highest BCUT2D eigenvalue weighted by atomic mass is 16.5. The van der Waals surface area contributed by atoms with Crippen molar-refractivity contribution in [3.8, 4) is 0 Å². The van der Waals surface area contributed by atoms with Crippen LogP contribution < -0.4 is 5.32 Å². The number of unbranched alkanes of at least 4 members (excludes halogenated alkanes) is 1. The van der Waals surface area contributed by atoms with Crippen LogP contribution in [0.25, 0.3) is 0 Å². The fourth-order valence-electron chi connectivity index (χ4n) is 2.14. The summed E-state index contributed by atoms with van der Waals surface area (Å²) < 4.78 is 10.1. The van der Waals surface area contributed by atoms with Crippen molar-refractivity contribution < 1.29 is 29.3 Å². The monoisotopic (exact) mass is 304 g/mol. The van der Waals surface area contributed by atoms with Gasteiger partial charge in [0.25, 0.3) is 0 Å². The predicted molar refractivity (Wildman–Crippen MR) is 74.1 cm³/mol. The molecule has 1 aliphatic heterocycles. The third-order valence-corrected chi connectivity index (χ3v) is 3.25. The van der Waals surface area contributed by atoms with Gasteiger partial charge >= 0.3 is 12.0 Å². The topological polar surface area (TPSA) is 108 Å². The molecule has 1 fully saturated rings. The Morgan fingerprint density at radius 3 is 2.71 bits per heavy atom. The van der Waals surface area contributed by atoms with Gasteiger partial charge in [0, 0.05) is 33.2 Å². The third kappa shape index (κ3) is 6.28. The summed E-state index contributed by atoms with van der Waals surface area (Å²) in [5, 5.41) is 21.1. The highest BCUT2D eigenvalue weighted by Crippen LogP contribution is 2.17. The van der Waals surface area contributed by atoms with Crippen LogP contribution in [-0.2, 0) is 14.3 Å². The highest BCUT2D eigenvalue weighted by molar-refractivity contribution is 5.83. The SMILES string of the molecule is COCCOCCCCNC(=O)N1C[C@H](O)C[C@@H]1C(=O)O. The lowest BCUT2D eigenvalue weighted by Gasteiger charge is -2.21. The highest BCUT2D eigenvalue weighted by Gasteiger charge is 2.38. The third-order valence-electron chi connectivity index (χ3n) is 3.25. The number of carboxylic acid groups (broad SMARTS) is 1. The number of hydrogen-bond acceptors (Lipinski definition) is 5. The summed E-state index contributed by atoms with van der Waals surface area (Å²) in [5.41, 5.74) is 0. The number of nitrogens with one attached hydrogen (secondary N) is 1. The molecule has 21 heavy (non-hydrogen) atoms. The van der Waals surface area contributed by atoms with Crippen LogP contribution in [0, 0.1) is 0 Å². The Kier molecular flexibility index (Phi) is 8.03. The smallest absolute Gasteiger partial charge is 0.326 e. The molecule has 1 aliphatic rings. The molecular formula is C13H24N2O6. The van der Waals surface area contributed by atoms with Gasteiger partial charge in [-0.15, -0.1) is 0 Å². The van der Waals surface area contributed by atoms with Crippen LogP contribution in [0.5, 0.6) is 0 Å². The standard InChI is InChI=1S/C13H24N2O6/c1-20-6-7-21-5-3-2-4-14-13(19)15-9-10(16)8-11(15)12(17)18/h10-11,16H,2-9H2,1H3,(H,14,19)(H,17,18)/t10-,11-/m1/s1. The van der Waals surface area contributed by atoms with Crippen LogP contribution in [0.4, 0.5) is 4.79 Å². The summed E-state index contributed by atoms with van der Waals surface area (Å²) >= 11 is 0. The average molecular weight is 304 g/mol. The second kappa shape index (κ2) is 9.54. The number of ether oxygens (including phenoxy) is 2. The van der Waals surface area contributed by atoms with Gasteiger partial charge in [-0.25, -0.2) is 9.59 Å². The maximum absolute atomic E-state index is 11.9. The quantitative estimate of drug-likeness (QED) is 0.503. The summed E-state index contributed by atoms with van der Waals surface area (Å²) in [4.78, 5) is 24.0. The van der Waals surface area contributed by atoms with E-state index in [1.165, 1.54) is 4.90 Å². The molecular weight excluding hydrogens is 280 g/mol. The number of hydrogen-bond donors (Lipinski definition) is 3. The van der Waals surface area contributed by atoms with Crippen molar-refractivity contribution in [3.63, 3.8) is 0 Å². The van der Waals surface area contributed by atoms with Gasteiger partial charge in [-0.1, -0.05) is 0 Å². The first kappa shape index (κ1) is 17.7. The van der Waals surface area contributed by atoms with Gasteiger partial charge in [-0.05, 0) is 12.8 Å². The molecule has 2 amide bonds. The molecule has 0 aromatic heterocycles. The van der Waals surface area contributed by atoms with E-state index in [4.69, 9.17) is 14.6 Å². The van der Waals surface area contributed by atoms with E-state index in [0.29, 0.717) is 26.4 Å². The first-order valence-corrected chi connectivity index (χ1v) is 7.08. The number of aliphatic hydroxyl groups is 1. The van der Waals surface area contributed by atoms with Gasteiger partial charge in [0.05, 0.1) is 19.3 Å². The van der Waals surface area contributed by atoms with E-state index in [9.17, 15) is 14.7 Å². The van der Waals surface area contributed by atoms with Crippen LogP contribution in [0.15, 0.2) is 0 Å². The number of urea groups is 1. The number of methoxy groups -OCH3 is 1. The van der Waals surface area contributed by atoms with Gasteiger partial charge in [0.1, 0.15) is 6.04 Å². The van der Waals surface area contributed by atoms with Crippen molar-refractivity contribution >= 4 is 12.0 Å². The molecule has 2 atom stereocenters. The number of rotatable bonds is 9. The zero-order valence-electron chi connectivity index (χ0n) is 12.3. The molecule has 0 unspecified atom stereocenters. The zero-order valence-corrected chi connectivity index (χ0v) is 12.3. The van der Waals surface area contributed by atoms with E-state index in [-0.39, 0.29) is 13.0 Å². The van der Waals surface area contributed by atoms with Crippen molar-refractivity contribution in [2.24, 2.45) is 0 Å². The van der Waals surface area contributed by atoms with Crippen LogP contribution in [-0.4, -0.2) is 79.3 Å². The fourth-order valence-corrected chi connectivity index (χ4v) is 2.14. The predicted octanol–water partition coefficient (Wildman–Crippen LogP) is -0.341. The number of β-amino-alcohol motifs (C(OH)–C–C–N with tert-alkyl or cyclic N) is 1. The maximum Gasteiger partial charge on any atom is 0.326 e. The first-order chi connectivity index (χ1) is 10.1. The number of carbonyl (C=O) groups excluding carboxylic acids is 1. The number of aliphatic hydroxyl groups excluding tert-OH is 1. The Labute approximate surface area is 124 Å². The van der Waals surface area contributed by atoms with Crippen LogP contribution in [0.1, 0.15) is 19.3 Å². The van der Waals surface area contributed by atoms with Crippen LogP contribution in [0.2, 0.25) is 0 Å². The molecule has 0 radical (unpaired) electrons. The van der Waals surface area contributed by atoms with Crippen molar-refractivity contribution in [2.75, 3.05) is 40.0 Å². The molecule has 0 aliphatic carbocycles. The van der Waals surface area contributed by atoms with Crippen molar-refractivity contribution in [3.05, 3.63) is 0 Å². The molecule has 0 aromatic rings. The summed E-state index contributed by atoms with van der Waals surface area (Å²) in [6, 6.07) is -1.39. The molecule has 122 valence electrons. The average Bonchev–Trinajstić information content (AvgIpc) is 2.84. The zero-order chi connectivity index (χ0) is 15.7. The second-order valence-electron chi connectivity index (χ2n) is 4.94. The molecule has 0 spiro atoms. The Morgan fingerprint density at radius 2 is 2.05 bits per heavy atom. The second-order valence-corrected chi connectivity index (χ2v) is 4.94. The van der Waals surface area contributed by atoms with Crippen molar-refractivity contribution in [1.82, 2.24) is 10.2 Å². The van der Waals surface area contributed by atoms with Gasteiger partial charge in [0.15, 0.2) is 0 Å². The fraction of sp³-hybridized carbons (Fsp3) is 0.846. The minimum Gasteiger partial charge on any atom is -0.480 e. The number of carbonyl (C=O) groups is 2. The molecule has 0 aromatic carbocycles. The van der Waals surface area contributed by atoms with E-state index in [2.05, 4.69) is 5.32 Å². The Morgan fingerprint density at radius 1 is 1.29 bits per heavy atom. The number of carboxylic acids is 1. The molecule has 3 N–H and O–H groups in total. The Balaban J connectivity index is 2.14. The minimum atomic E-state index is -1.09. The van der Waals surface area contributed by atoms with E-state index in [1.54, 1.807) is 7.11 Å². The molecule has 8 nitrogen and oxygen atoms in total. The van der Waals surface area contributed by atoms with Gasteiger partial charge in [-0.3, -0.25) is 0 Å². The molecule has 0 saturated carbocycles. The maximum atomic E-state index is 11.9. The van der Waals surface area contributed by atoms with Gasteiger partial charge < -0.3 is 29.9 Å². The lowest BCUT2D eigenvalue weighted by atomic mass is 10.2. The minimum absolute atomic E-state index is 0.0585. The number of amides is 2. The molecule has 8 heteroatoms. The van der Waals surface area contributed by atoms with Crippen LogP contribution in [0.3, 0.4) is 0 Å². The molecule has 1 heterocycles. The van der Waals surface area contributed by atoms with Crippen LogP contribution >= 0.6 is 0 Å². The molecule has 1 saturated heterocycles. The number of nitrogens with zero attached hydrogens (tertiary/aromatic N) is 1. The lowest BCUT2D eigenvalue weighted by molar-refractivity contribution is -0.141. The van der Waals surface area contributed by atoms with Crippen molar-refractivity contribution in [2.45, 2.75) is 31.4 Å². The first-order valence-electron chi connectivity index (χ1n) is 7.08. The lowest BCUT2D eigenvalue weighted by Crippen LogP contribution is -2.46. The molecule has 0 bridgehead atoms. The summed E-state index contributed by atoms with van der Waals surface area (Å²) in [5.74, 6) is -1.09. The van der Waals surface area contributed by atoms with E-state index in [1.807, 2.05) is 0 Å². The van der Waals surface area contributed by atoms with E-state index >= 15 is 0 Å². The Hall–Kier alpha value is -1.38. The summed E-state index contributed by atoms with van der Waals surface area (Å²) in [6.45, 7) is 2.22.